The lowest BCUT2D eigenvalue weighted by Gasteiger charge is -2.27. The van der Waals surface area contributed by atoms with Gasteiger partial charge in [-0.05, 0) is 56.5 Å². The van der Waals surface area contributed by atoms with E-state index < -0.39 is 0 Å². The average molecular weight is 506 g/mol. The molecule has 178 valence electrons. The molecular formula is C25H32ClN3O2S2. The van der Waals surface area contributed by atoms with E-state index in [0.717, 1.165) is 54.8 Å². The molecule has 3 aromatic rings. The molecule has 5 nitrogen and oxygen atoms in total. The predicted octanol–water partition coefficient (Wildman–Crippen LogP) is 5.49. The van der Waals surface area contributed by atoms with E-state index in [1.54, 1.807) is 23.1 Å². The molecule has 0 saturated carbocycles. The van der Waals surface area contributed by atoms with Crippen LogP contribution in [0.4, 0.5) is 5.13 Å². The zero-order chi connectivity index (χ0) is 22.5. The molecule has 1 aliphatic heterocycles. The lowest BCUT2D eigenvalue weighted by atomic mass is 10.1. The number of nitrogens with zero attached hydrogens (tertiary/aromatic N) is 3. The fourth-order valence-electron chi connectivity index (χ4n) is 3.94. The fourth-order valence-corrected chi connectivity index (χ4v) is 5.78. The summed E-state index contributed by atoms with van der Waals surface area (Å²) in [6.07, 6.45) is 0.925. The van der Waals surface area contributed by atoms with Crippen LogP contribution in [0.2, 0.25) is 0 Å². The monoisotopic (exact) mass is 505 g/mol. The van der Waals surface area contributed by atoms with Gasteiger partial charge in [0.05, 0.1) is 29.2 Å². The second-order valence-corrected chi connectivity index (χ2v) is 10.4. The van der Waals surface area contributed by atoms with Gasteiger partial charge in [0.2, 0.25) is 5.91 Å². The summed E-state index contributed by atoms with van der Waals surface area (Å²) in [5.74, 6) is 0.528. The minimum Gasteiger partial charge on any atom is -0.379 e. The molecule has 2 heterocycles. The molecule has 0 aliphatic carbocycles. The molecule has 1 aromatic heterocycles. The largest absolute Gasteiger partial charge is 0.379 e. The van der Waals surface area contributed by atoms with Crippen LogP contribution in [0.25, 0.3) is 10.2 Å². The molecule has 8 heteroatoms. The predicted molar refractivity (Wildman–Crippen MR) is 142 cm³/mol. The first-order valence-electron chi connectivity index (χ1n) is 11.2. The lowest BCUT2D eigenvalue weighted by Crippen LogP contribution is -2.39. The molecule has 0 bridgehead atoms. The van der Waals surface area contributed by atoms with E-state index in [1.165, 1.54) is 21.4 Å². The Kier molecular flexibility index (Phi) is 9.58. The van der Waals surface area contributed by atoms with Crippen LogP contribution in [0.5, 0.6) is 0 Å². The smallest absolute Gasteiger partial charge is 0.239 e. The number of benzene rings is 2. The van der Waals surface area contributed by atoms with Gasteiger partial charge in [-0.3, -0.25) is 14.6 Å². The summed E-state index contributed by atoms with van der Waals surface area (Å²) in [6, 6.07) is 12.6. The molecule has 0 unspecified atom stereocenters. The third-order valence-electron chi connectivity index (χ3n) is 5.68. The fraction of sp³-hybridized carbons (Fsp3) is 0.440. The van der Waals surface area contributed by atoms with Crippen LogP contribution >= 0.6 is 35.5 Å². The van der Waals surface area contributed by atoms with Gasteiger partial charge in [0.1, 0.15) is 0 Å². The average Bonchev–Trinajstić information content (AvgIpc) is 3.21. The van der Waals surface area contributed by atoms with E-state index in [-0.39, 0.29) is 18.3 Å². The van der Waals surface area contributed by atoms with Gasteiger partial charge >= 0.3 is 0 Å². The van der Waals surface area contributed by atoms with Crippen LogP contribution in [0.1, 0.15) is 23.1 Å². The van der Waals surface area contributed by atoms with Crippen molar-refractivity contribution < 1.29 is 9.53 Å². The van der Waals surface area contributed by atoms with Crippen molar-refractivity contribution in [1.82, 2.24) is 9.88 Å². The molecule has 4 rings (SSSR count). The number of amides is 1. The number of carbonyl (C=O) groups excluding carboxylic acids is 1. The molecular weight excluding hydrogens is 474 g/mol. The molecule has 1 saturated heterocycles. The zero-order valence-corrected chi connectivity index (χ0v) is 22.0. The Hall–Kier alpha value is -1.64. The number of halogens is 1. The molecule has 1 aliphatic rings. The number of aryl methyl sites for hydroxylation is 3. The maximum Gasteiger partial charge on any atom is 0.239 e. The summed E-state index contributed by atoms with van der Waals surface area (Å²) in [7, 11) is 0. The van der Waals surface area contributed by atoms with Crippen molar-refractivity contribution in [3.8, 4) is 0 Å². The number of morpholine rings is 1. The first-order valence-corrected chi connectivity index (χ1v) is 13.0. The van der Waals surface area contributed by atoms with Crippen molar-refractivity contribution in [3.05, 3.63) is 53.1 Å². The Labute approximate surface area is 210 Å². The number of hydrogen-bond donors (Lipinski definition) is 0. The minimum atomic E-state index is 0. The topological polar surface area (TPSA) is 45.7 Å². The highest BCUT2D eigenvalue weighted by atomic mass is 35.5. The Morgan fingerprint density at radius 2 is 1.85 bits per heavy atom. The molecule has 0 spiro atoms. The van der Waals surface area contributed by atoms with Gasteiger partial charge in [-0.15, -0.1) is 24.2 Å². The summed E-state index contributed by atoms with van der Waals surface area (Å²) in [5, 5.41) is 0.810. The number of aromatic nitrogens is 1. The van der Waals surface area contributed by atoms with E-state index in [2.05, 4.69) is 62.1 Å². The number of anilines is 1. The van der Waals surface area contributed by atoms with E-state index in [1.807, 2.05) is 4.90 Å². The van der Waals surface area contributed by atoms with Crippen molar-refractivity contribution in [3.63, 3.8) is 0 Å². The number of ether oxygens (including phenoxy) is 1. The quantitative estimate of drug-likeness (QED) is 0.379. The maximum absolute atomic E-state index is 13.3. The first kappa shape index (κ1) is 26.0. The van der Waals surface area contributed by atoms with Crippen molar-refractivity contribution >= 4 is 56.8 Å². The van der Waals surface area contributed by atoms with Crippen LogP contribution in [0, 0.1) is 20.8 Å². The first-order chi connectivity index (χ1) is 15.5. The second-order valence-electron chi connectivity index (χ2n) is 8.38. The summed E-state index contributed by atoms with van der Waals surface area (Å²) in [4.78, 5) is 23.6. The third kappa shape index (κ3) is 6.93. The second kappa shape index (κ2) is 12.2. The zero-order valence-electron chi connectivity index (χ0n) is 19.5. The third-order valence-corrected chi connectivity index (χ3v) is 7.91. The maximum atomic E-state index is 13.3. The highest BCUT2D eigenvalue weighted by Crippen LogP contribution is 2.33. The van der Waals surface area contributed by atoms with Crippen LogP contribution < -0.4 is 4.90 Å². The lowest BCUT2D eigenvalue weighted by molar-refractivity contribution is -0.116. The normalized spacial score (nSPS) is 14.3. The Bertz CT molecular complexity index is 1070. The van der Waals surface area contributed by atoms with Gasteiger partial charge in [0.25, 0.3) is 0 Å². The molecule has 1 amide bonds. The van der Waals surface area contributed by atoms with Gasteiger partial charge < -0.3 is 4.74 Å². The molecule has 0 atom stereocenters. The summed E-state index contributed by atoms with van der Waals surface area (Å²) in [6.45, 7) is 11.5. The number of thioether (sulfide) groups is 1. The van der Waals surface area contributed by atoms with Crippen LogP contribution in [-0.2, 0) is 9.53 Å². The van der Waals surface area contributed by atoms with Crippen LogP contribution in [0.3, 0.4) is 0 Å². The number of carbonyl (C=O) groups is 1. The van der Waals surface area contributed by atoms with Gasteiger partial charge in [-0.2, -0.15) is 0 Å². The Morgan fingerprint density at radius 3 is 2.58 bits per heavy atom. The highest BCUT2D eigenvalue weighted by Gasteiger charge is 2.21. The van der Waals surface area contributed by atoms with Crippen LogP contribution in [-0.4, -0.2) is 60.9 Å². The van der Waals surface area contributed by atoms with E-state index in [9.17, 15) is 4.79 Å². The van der Waals surface area contributed by atoms with E-state index >= 15 is 0 Å². The number of rotatable bonds is 8. The van der Waals surface area contributed by atoms with Gasteiger partial charge in [-0.25, -0.2) is 4.98 Å². The molecule has 2 aromatic carbocycles. The molecule has 0 N–H and O–H groups in total. The van der Waals surface area contributed by atoms with E-state index in [4.69, 9.17) is 9.72 Å². The van der Waals surface area contributed by atoms with Gasteiger partial charge in [0.15, 0.2) is 5.13 Å². The molecule has 33 heavy (non-hydrogen) atoms. The van der Waals surface area contributed by atoms with Crippen LogP contribution in [0.15, 0.2) is 41.3 Å². The summed E-state index contributed by atoms with van der Waals surface area (Å²) < 4.78 is 6.62. The van der Waals surface area contributed by atoms with Crippen molar-refractivity contribution in [1.29, 1.82) is 0 Å². The van der Waals surface area contributed by atoms with Crippen molar-refractivity contribution in [2.24, 2.45) is 0 Å². The van der Waals surface area contributed by atoms with Crippen molar-refractivity contribution in [2.45, 2.75) is 32.1 Å². The Balaban J connectivity index is 0.00000306. The summed E-state index contributed by atoms with van der Waals surface area (Å²) >= 11 is 3.22. The summed E-state index contributed by atoms with van der Waals surface area (Å²) in [5.41, 5.74) is 4.63. The number of hydrogen-bond acceptors (Lipinski definition) is 6. The Morgan fingerprint density at radius 1 is 1.12 bits per heavy atom. The molecule has 1 fully saturated rings. The van der Waals surface area contributed by atoms with Gasteiger partial charge in [-0.1, -0.05) is 35.1 Å². The van der Waals surface area contributed by atoms with E-state index in [0.29, 0.717) is 12.3 Å². The number of thiazole rings is 1. The number of fused-ring (bicyclic) bond motifs is 1. The highest BCUT2D eigenvalue weighted by molar-refractivity contribution is 8.00. The van der Waals surface area contributed by atoms with Gasteiger partial charge in [0, 0.05) is 31.1 Å². The minimum absolute atomic E-state index is 0. The molecule has 0 radical (unpaired) electrons. The van der Waals surface area contributed by atoms with Crippen molar-refractivity contribution in [2.75, 3.05) is 50.0 Å². The standard InChI is InChI=1S/C25H31N3O2S2.ClH/c1-18-5-7-21(8-6-18)31-17-23(29)28(10-4-9-27-11-13-30-14-12-27)25-26-22-16-19(2)15-20(3)24(22)32-25;/h5-8,15-16H,4,9-14,17H2,1-3H3;1H. The SMILES string of the molecule is Cc1ccc(SCC(=O)N(CCCN2CCOCC2)c2nc3cc(C)cc(C)c3s2)cc1.Cl.